The number of aliphatic hydroxyl groups is 1. The molecule has 1 atom stereocenters. The summed E-state index contributed by atoms with van der Waals surface area (Å²) in [5.74, 6) is 0.716. The molecule has 0 aromatic heterocycles. The minimum Gasteiger partial charge on any atom is -0.388 e. The molecule has 1 aromatic rings. The monoisotopic (exact) mass is 284 g/mol. The van der Waals surface area contributed by atoms with Crippen LogP contribution >= 0.6 is 15.9 Å². The smallest absolute Gasteiger partial charge is 0.0801 e. The van der Waals surface area contributed by atoms with E-state index in [4.69, 9.17) is 0 Å². The van der Waals surface area contributed by atoms with Crippen LogP contribution in [0.3, 0.4) is 0 Å². The summed E-state index contributed by atoms with van der Waals surface area (Å²) in [6.45, 7) is 6.49. The van der Waals surface area contributed by atoms with E-state index in [9.17, 15) is 5.11 Å². The quantitative estimate of drug-likeness (QED) is 0.837. The van der Waals surface area contributed by atoms with Gasteiger partial charge < -0.3 is 5.11 Å². The maximum Gasteiger partial charge on any atom is 0.0801 e. The number of hydrogen-bond acceptors (Lipinski definition) is 1. The van der Waals surface area contributed by atoms with E-state index in [0.717, 1.165) is 22.9 Å². The molecule has 0 aliphatic rings. The van der Waals surface area contributed by atoms with Gasteiger partial charge in [0.1, 0.15) is 0 Å². The van der Waals surface area contributed by atoms with Crippen molar-refractivity contribution in [2.45, 2.75) is 46.1 Å². The van der Waals surface area contributed by atoms with Crippen molar-refractivity contribution in [1.82, 2.24) is 0 Å². The van der Waals surface area contributed by atoms with Crippen LogP contribution in [0.5, 0.6) is 0 Å². The normalized spacial score (nSPS) is 13.1. The number of aryl methyl sites for hydroxylation is 1. The SMILES string of the molecule is Cc1ccc(Br)c(C(O)CCCC(C)C)c1. The molecule has 0 aliphatic heterocycles. The van der Waals surface area contributed by atoms with Crippen LogP contribution < -0.4 is 0 Å². The van der Waals surface area contributed by atoms with Crippen molar-refractivity contribution >= 4 is 15.9 Å². The van der Waals surface area contributed by atoms with Crippen molar-refractivity contribution in [3.63, 3.8) is 0 Å². The second kappa shape index (κ2) is 6.41. The van der Waals surface area contributed by atoms with Crippen LogP contribution in [-0.4, -0.2) is 5.11 Å². The van der Waals surface area contributed by atoms with E-state index < -0.39 is 0 Å². The summed E-state index contributed by atoms with van der Waals surface area (Å²) >= 11 is 3.49. The minimum atomic E-state index is -0.340. The summed E-state index contributed by atoms with van der Waals surface area (Å²) in [4.78, 5) is 0. The van der Waals surface area contributed by atoms with Crippen molar-refractivity contribution in [3.8, 4) is 0 Å². The first-order valence-electron chi connectivity index (χ1n) is 5.95. The van der Waals surface area contributed by atoms with Gasteiger partial charge in [-0.05, 0) is 30.9 Å². The van der Waals surface area contributed by atoms with Gasteiger partial charge in [-0.25, -0.2) is 0 Å². The lowest BCUT2D eigenvalue weighted by atomic mass is 9.99. The molecule has 0 radical (unpaired) electrons. The van der Waals surface area contributed by atoms with Gasteiger partial charge in [-0.1, -0.05) is 60.3 Å². The lowest BCUT2D eigenvalue weighted by Crippen LogP contribution is -2.00. The third-order valence-corrected chi connectivity index (χ3v) is 3.49. The van der Waals surface area contributed by atoms with Crippen molar-refractivity contribution < 1.29 is 5.11 Å². The van der Waals surface area contributed by atoms with E-state index in [0.29, 0.717) is 5.92 Å². The van der Waals surface area contributed by atoms with Crippen LogP contribution in [0.25, 0.3) is 0 Å². The molecule has 0 saturated carbocycles. The van der Waals surface area contributed by atoms with Crippen molar-refractivity contribution in [2.75, 3.05) is 0 Å². The number of halogens is 1. The second-order valence-corrected chi connectivity index (χ2v) is 5.72. The van der Waals surface area contributed by atoms with Crippen LogP contribution in [0.2, 0.25) is 0 Å². The number of aliphatic hydroxyl groups excluding tert-OH is 1. The first-order chi connectivity index (χ1) is 7.50. The molecule has 1 unspecified atom stereocenters. The van der Waals surface area contributed by atoms with Gasteiger partial charge in [0.25, 0.3) is 0 Å². The summed E-state index contributed by atoms with van der Waals surface area (Å²) in [5.41, 5.74) is 2.21. The molecule has 1 N–H and O–H groups in total. The van der Waals surface area contributed by atoms with Gasteiger partial charge in [0.05, 0.1) is 6.10 Å². The first kappa shape index (κ1) is 13.7. The number of benzene rings is 1. The van der Waals surface area contributed by atoms with Gasteiger partial charge in [0.2, 0.25) is 0 Å². The molecule has 90 valence electrons. The zero-order chi connectivity index (χ0) is 12.1. The molecule has 16 heavy (non-hydrogen) atoms. The van der Waals surface area contributed by atoms with Crippen LogP contribution in [0, 0.1) is 12.8 Å². The van der Waals surface area contributed by atoms with Gasteiger partial charge in [0.15, 0.2) is 0 Å². The molecule has 0 spiro atoms. The van der Waals surface area contributed by atoms with E-state index >= 15 is 0 Å². The molecule has 1 rings (SSSR count). The van der Waals surface area contributed by atoms with Crippen molar-refractivity contribution in [2.24, 2.45) is 5.92 Å². The Morgan fingerprint density at radius 1 is 1.25 bits per heavy atom. The summed E-state index contributed by atoms with van der Waals surface area (Å²) in [5, 5.41) is 10.1. The Bertz CT molecular complexity index is 334. The maximum absolute atomic E-state index is 10.1. The van der Waals surface area contributed by atoms with Crippen molar-refractivity contribution in [3.05, 3.63) is 33.8 Å². The molecule has 2 heteroatoms. The molecular weight excluding hydrogens is 264 g/mol. The molecule has 0 heterocycles. The largest absolute Gasteiger partial charge is 0.388 e. The molecule has 0 amide bonds. The number of rotatable bonds is 5. The van der Waals surface area contributed by atoms with E-state index in [2.05, 4.69) is 48.8 Å². The summed E-state index contributed by atoms with van der Waals surface area (Å²) < 4.78 is 1.01. The Hall–Kier alpha value is -0.340. The lowest BCUT2D eigenvalue weighted by molar-refractivity contribution is 0.161. The summed E-state index contributed by atoms with van der Waals surface area (Å²) in [6, 6.07) is 6.12. The predicted molar refractivity (Wildman–Crippen MR) is 72.5 cm³/mol. The van der Waals surface area contributed by atoms with Gasteiger partial charge in [-0.2, -0.15) is 0 Å². The molecule has 1 nitrogen and oxygen atoms in total. The molecule has 0 bridgehead atoms. The van der Waals surface area contributed by atoms with E-state index in [1.54, 1.807) is 0 Å². The molecular formula is C14H21BrO. The average molecular weight is 285 g/mol. The van der Waals surface area contributed by atoms with Crippen LogP contribution in [0.4, 0.5) is 0 Å². The maximum atomic E-state index is 10.1. The average Bonchev–Trinajstić information content (AvgIpc) is 2.21. The lowest BCUT2D eigenvalue weighted by Gasteiger charge is -2.14. The fourth-order valence-corrected chi connectivity index (χ4v) is 2.30. The Morgan fingerprint density at radius 3 is 2.56 bits per heavy atom. The minimum absolute atomic E-state index is 0.340. The number of hydrogen-bond donors (Lipinski definition) is 1. The highest BCUT2D eigenvalue weighted by molar-refractivity contribution is 9.10. The zero-order valence-corrected chi connectivity index (χ0v) is 11.9. The fraction of sp³-hybridized carbons (Fsp3) is 0.571. The van der Waals surface area contributed by atoms with Crippen LogP contribution in [0.1, 0.15) is 50.3 Å². The van der Waals surface area contributed by atoms with Crippen molar-refractivity contribution in [1.29, 1.82) is 0 Å². The van der Waals surface area contributed by atoms with Crippen LogP contribution in [0.15, 0.2) is 22.7 Å². The summed E-state index contributed by atoms with van der Waals surface area (Å²) in [7, 11) is 0. The summed E-state index contributed by atoms with van der Waals surface area (Å²) in [6.07, 6.45) is 2.77. The second-order valence-electron chi connectivity index (χ2n) is 4.87. The highest BCUT2D eigenvalue weighted by Crippen LogP contribution is 2.28. The Kier molecular flexibility index (Phi) is 5.50. The Balaban J connectivity index is 2.58. The third kappa shape index (κ3) is 4.26. The highest BCUT2D eigenvalue weighted by Gasteiger charge is 2.11. The van der Waals surface area contributed by atoms with Gasteiger partial charge in [-0.15, -0.1) is 0 Å². The van der Waals surface area contributed by atoms with Gasteiger partial charge >= 0.3 is 0 Å². The Morgan fingerprint density at radius 2 is 1.94 bits per heavy atom. The first-order valence-corrected chi connectivity index (χ1v) is 6.74. The third-order valence-electron chi connectivity index (χ3n) is 2.77. The Labute approximate surface area is 107 Å². The van der Waals surface area contributed by atoms with E-state index in [1.807, 2.05) is 6.07 Å². The zero-order valence-electron chi connectivity index (χ0n) is 10.3. The topological polar surface area (TPSA) is 20.2 Å². The molecule has 0 aliphatic carbocycles. The fourth-order valence-electron chi connectivity index (χ4n) is 1.79. The predicted octanol–water partition coefficient (Wildman–Crippen LogP) is 4.62. The van der Waals surface area contributed by atoms with Crippen LogP contribution in [-0.2, 0) is 0 Å². The molecule has 0 saturated heterocycles. The highest BCUT2D eigenvalue weighted by atomic mass is 79.9. The van der Waals surface area contributed by atoms with E-state index in [1.165, 1.54) is 12.0 Å². The van der Waals surface area contributed by atoms with Gasteiger partial charge in [0, 0.05) is 4.47 Å². The standard InChI is InChI=1S/C14H21BrO/c1-10(2)5-4-6-14(16)12-9-11(3)7-8-13(12)15/h7-10,14,16H,4-6H2,1-3H3. The van der Waals surface area contributed by atoms with Gasteiger partial charge in [-0.3, -0.25) is 0 Å². The van der Waals surface area contributed by atoms with E-state index in [-0.39, 0.29) is 6.10 Å². The molecule has 0 fully saturated rings. The molecule has 1 aromatic carbocycles.